The normalized spacial score (nSPS) is 16.3. The average molecular weight is 655 g/mol. The number of benzene rings is 1. The van der Waals surface area contributed by atoms with Gasteiger partial charge in [0.1, 0.15) is 5.82 Å². The number of rotatable bonds is 7. The lowest BCUT2D eigenvalue weighted by Crippen LogP contribution is -2.45. The molecule has 11 nitrogen and oxygen atoms in total. The van der Waals surface area contributed by atoms with Crippen LogP contribution in [0.3, 0.4) is 0 Å². The fourth-order valence-corrected chi connectivity index (χ4v) is 6.96. The molecule has 3 aliphatic rings. The highest BCUT2D eigenvalue weighted by atomic mass is 19.3. The second kappa shape index (κ2) is 12.8. The van der Waals surface area contributed by atoms with Gasteiger partial charge in [-0.25, -0.2) is 23.5 Å². The number of aromatic carboxylic acids is 1. The lowest BCUT2D eigenvalue weighted by molar-refractivity contribution is -0.129. The van der Waals surface area contributed by atoms with Gasteiger partial charge in [0.15, 0.2) is 0 Å². The molecule has 1 aromatic carbocycles. The SMILES string of the molecule is CC(=O)N1CCc2c(c(N3CCCc4cc(-c5cnn(C)c5)c(C(F)F)cc43)cn2CC#CCN2CC(c3ncc(C(=O)O)cn3)C2)C1. The second-order valence-electron chi connectivity index (χ2n) is 12.7. The third-order valence-electron chi connectivity index (χ3n) is 9.52. The van der Waals surface area contributed by atoms with Crippen LogP contribution in [0.5, 0.6) is 0 Å². The molecule has 0 saturated carbocycles. The Bertz CT molecular complexity index is 1930. The van der Waals surface area contributed by atoms with Crippen LogP contribution in [-0.2, 0) is 37.8 Å². The zero-order chi connectivity index (χ0) is 33.5. The number of nitrogens with zero attached hydrogens (tertiary/aromatic N) is 8. The van der Waals surface area contributed by atoms with Crippen LogP contribution in [-0.4, -0.2) is 83.8 Å². The molecule has 0 aliphatic carbocycles. The highest BCUT2D eigenvalue weighted by Gasteiger charge is 2.32. The summed E-state index contributed by atoms with van der Waals surface area (Å²) in [6, 6.07) is 3.54. The first kappa shape index (κ1) is 31.5. The van der Waals surface area contributed by atoms with Crippen LogP contribution in [0, 0.1) is 11.8 Å². The molecule has 1 amide bonds. The maximum atomic E-state index is 14.5. The van der Waals surface area contributed by atoms with E-state index in [0.717, 1.165) is 54.1 Å². The predicted molar refractivity (Wildman–Crippen MR) is 174 cm³/mol. The van der Waals surface area contributed by atoms with Crippen LogP contribution in [0.4, 0.5) is 20.2 Å². The van der Waals surface area contributed by atoms with E-state index in [2.05, 4.69) is 47.5 Å². The number of amides is 1. The van der Waals surface area contributed by atoms with E-state index in [1.165, 1.54) is 12.4 Å². The van der Waals surface area contributed by atoms with Crippen molar-refractivity contribution in [1.82, 2.24) is 34.1 Å². The summed E-state index contributed by atoms with van der Waals surface area (Å²) in [6.07, 6.45) is 7.84. The minimum atomic E-state index is -2.65. The van der Waals surface area contributed by atoms with Crippen molar-refractivity contribution < 1.29 is 23.5 Å². The number of likely N-dealkylation sites (tertiary alicyclic amines) is 1. The van der Waals surface area contributed by atoms with Crippen LogP contribution in [0.15, 0.2) is 43.1 Å². The van der Waals surface area contributed by atoms with Gasteiger partial charge in [0.05, 0.1) is 30.5 Å². The summed E-state index contributed by atoms with van der Waals surface area (Å²) in [5.41, 5.74) is 6.13. The zero-order valence-electron chi connectivity index (χ0n) is 26.9. The third-order valence-corrected chi connectivity index (χ3v) is 9.52. The molecule has 0 unspecified atom stereocenters. The van der Waals surface area contributed by atoms with Gasteiger partial charge in [0, 0.05) is 112 Å². The van der Waals surface area contributed by atoms with Crippen molar-refractivity contribution in [3.8, 4) is 23.0 Å². The molecule has 1 saturated heterocycles. The Morgan fingerprint density at radius 1 is 1.02 bits per heavy atom. The maximum Gasteiger partial charge on any atom is 0.338 e. The quantitative estimate of drug-likeness (QED) is 0.292. The van der Waals surface area contributed by atoms with E-state index in [4.69, 9.17) is 5.11 Å². The first-order valence-electron chi connectivity index (χ1n) is 16.1. The number of alkyl halides is 2. The predicted octanol–water partition coefficient (Wildman–Crippen LogP) is 4.41. The largest absolute Gasteiger partial charge is 0.478 e. The maximum absolute atomic E-state index is 14.5. The first-order valence-corrected chi connectivity index (χ1v) is 16.1. The van der Waals surface area contributed by atoms with Crippen molar-refractivity contribution >= 4 is 23.3 Å². The monoisotopic (exact) mass is 654 g/mol. The molecular weight excluding hydrogens is 618 g/mol. The Labute approximate surface area is 276 Å². The first-order chi connectivity index (χ1) is 23.2. The zero-order valence-corrected chi connectivity index (χ0v) is 26.9. The Morgan fingerprint density at radius 2 is 1.79 bits per heavy atom. The lowest BCUT2D eigenvalue weighted by atomic mass is 9.92. The number of aryl methyl sites for hydroxylation is 2. The summed E-state index contributed by atoms with van der Waals surface area (Å²) >= 11 is 0. The van der Waals surface area contributed by atoms with Crippen LogP contribution in [0.25, 0.3) is 11.1 Å². The summed E-state index contributed by atoms with van der Waals surface area (Å²) in [4.78, 5) is 38.1. The lowest BCUT2D eigenvalue weighted by Gasteiger charge is -2.36. The number of carboxylic acids is 1. The van der Waals surface area contributed by atoms with Crippen molar-refractivity contribution in [2.45, 2.75) is 51.6 Å². The number of carbonyl (C=O) groups excluding carboxylic acids is 1. The minimum Gasteiger partial charge on any atom is -0.478 e. The molecule has 7 rings (SSSR count). The Balaban J connectivity index is 1.12. The van der Waals surface area contributed by atoms with Crippen LogP contribution < -0.4 is 4.90 Å². The van der Waals surface area contributed by atoms with E-state index >= 15 is 0 Å². The van der Waals surface area contributed by atoms with Gasteiger partial charge in [0.25, 0.3) is 6.43 Å². The Hall–Kier alpha value is -5.09. The molecule has 0 spiro atoms. The molecule has 0 radical (unpaired) electrons. The third kappa shape index (κ3) is 6.04. The molecule has 48 heavy (non-hydrogen) atoms. The number of carboxylic acid groups (broad SMARTS) is 1. The van der Waals surface area contributed by atoms with Gasteiger partial charge in [-0.1, -0.05) is 11.8 Å². The molecule has 4 aromatic rings. The fourth-order valence-electron chi connectivity index (χ4n) is 6.96. The van der Waals surface area contributed by atoms with Gasteiger partial charge < -0.3 is 19.5 Å². The fraction of sp³-hybridized carbons (Fsp3) is 0.400. The van der Waals surface area contributed by atoms with E-state index in [1.807, 2.05) is 11.0 Å². The number of halogens is 2. The molecule has 6 heterocycles. The second-order valence-corrected chi connectivity index (χ2v) is 12.7. The average Bonchev–Trinajstić information content (AvgIpc) is 3.65. The van der Waals surface area contributed by atoms with Crippen LogP contribution in [0.2, 0.25) is 0 Å². The van der Waals surface area contributed by atoms with E-state index in [-0.39, 0.29) is 23.0 Å². The van der Waals surface area contributed by atoms with Gasteiger partial charge in [-0.3, -0.25) is 14.4 Å². The van der Waals surface area contributed by atoms with Gasteiger partial charge in [-0.15, -0.1) is 0 Å². The summed E-state index contributed by atoms with van der Waals surface area (Å²) in [6.45, 7) is 5.91. The van der Waals surface area contributed by atoms with Crippen LogP contribution in [0.1, 0.15) is 64.3 Å². The molecule has 13 heteroatoms. The van der Waals surface area contributed by atoms with Crippen molar-refractivity contribution in [3.63, 3.8) is 0 Å². The van der Waals surface area contributed by atoms with Crippen molar-refractivity contribution in [3.05, 3.63) is 76.9 Å². The van der Waals surface area contributed by atoms with Crippen molar-refractivity contribution in [2.75, 3.05) is 37.6 Å². The molecule has 0 atom stereocenters. The molecule has 248 valence electrons. The molecule has 3 aromatic heterocycles. The van der Waals surface area contributed by atoms with Gasteiger partial charge in [-0.2, -0.15) is 5.10 Å². The highest BCUT2D eigenvalue weighted by Crippen LogP contribution is 2.43. The van der Waals surface area contributed by atoms with E-state index in [0.29, 0.717) is 56.1 Å². The van der Waals surface area contributed by atoms with E-state index in [1.54, 1.807) is 37.1 Å². The number of carbonyl (C=O) groups is 2. The number of hydrogen-bond acceptors (Lipinski definition) is 7. The van der Waals surface area contributed by atoms with Gasteiger partial charge in [0.2, 0.25) is 5.91 Å². The van der Waals surface area contributed by atoms with E-state index < -0.39 is 12.4 Å². The summed E-state index contributed by atoms with van der Waals surface area (Å²) < 4.78 is 32.8. The standard InChI is InChI=1S/C35H36F2N8O3/c1-22(46)43-11-7-30-29(20-43)32(21-44(30)9-4-3-8-42-18-26(19-42)34-38-14-24(15-39-34)35(47)48)45-10-5-6-23-12-27(25-16-40-41(2)17-25)28(33(36)37)13-31(23)45/h12-17,21,26,33H,5-11,18-20H2,1-2H3,(H,47,48). The molecule has 3 aliphatic heterocycles. The number of fused-ring (bicyclic) bond motifs is 2. The summed E-state index contributed by atoms with van der Waals surface area (Å²) in [7, 11) is 1.77. The molecule has 1 fully saturated rings. The Kier molecular flexibility index (Phi) is 8.43. The summed E-state index contributed by atoms with van der Waals surface area (Å²) in [5.74, 6) is 6.35. The minimum absolute atomic E-state index is 0.00960. The number of aromatic nitrogens is 5. The Morgan fingerprint density at radius 3 is 2.48 bits per heavy atom. The highest BCUT2D eigenvalue weighted by molar-refractivity contribution is 5.86. The van der Waals surface area contributed by atoms with Crippen molar-refractivity contribution in [1.29, 1.82) is 0 Å². The topological polar surface area (TPSA) is 113 Å². The van der Waals surface area contributed by atoms with Gasteiger partial charge in [-0.05, 0) is 36.1 Å². The van der Waals surface area contributed by atoms with Gasteiger partial charge >= 0.3 is 5.97 Å². The van der Waals surface area contributed by atoms with Crippen molar-refractivity contribution in [2.24, 2.45) is 7.05 Å². The molecule has 0 bridgehead atoms. The smallest absolute Gasteiger partial charge is 0.338 e. The molecular formula is C35H36F2N8O3. The number of hydrogen-bond donors (Lipinski definition) is 1. The summed E-state index contributed by atoms with van der Waals surface area (Å²) in [5, 5.41) is 13.3. The van der Waals surface area contributed by atoms with Crippen LogP contribution >= 0.6 is 0 Å². The number of anilines is 2. The van der Waals surface area contributed by atoms with E-state index in [9.17, 15) is 18.4 Å². The molecule has 1 N–H and O–H groups in total.